The minimum Gasteiger partial charge on any atom is -0.442 e. The van der Waals surface area contributed by atoms with Crippen LogP contribution in [0.25, 0.3) is 22.4 Å². The molecular weight excluding hydrogens is 458 g/mol. The van der Waals surface area contributed by atoms with Crippen LogP contribution < -0.4 is 11.1 Å². The lowest BCUT2D eigenvalue weighted by molar-refractivity contribution is 0.0997. The smallest absolute Gasteiger partial charge is 0.322 e. The van der Waals surface area contributed by atoms with Gasteiger partial charge >= 0.3 is 6.03 Å². The molecule has 1 aliphatic rings. The van der Waals surface area contributed by atoms with Gasteiger partial charge in [0.15, 0.2) is 12.0 Å². The van der Waals surface area contributed by atoms with Crippen LogP contribution in [0.15, 0.2) is 41.1 Å². The first-order chi connectivity index (χ1) is 16.4. The number of hydrogen-bond donors (Lipinski definition) is 2. The summed E-state index contributed by atoms with van der Waals surface area (Å²) in [5, 5.41) is 16.9. The topological polar surface area (TPSA) is 143 Å². The first-order valence-corrected chi connectivity index (χ1v) is 10.7. The number of oxazole rings is 1. The second kappa shape index (κ2) is 8.20. The molecule has 0 spiro atoms. The number of anilines is 1. The van der Waals surface area contributed by atoms with Crippen molar-refractivity contribution in [1.29, 1.82) is 5.26 Å². The molecule has 0 aliphatic carbocycles. The highest BCUT2D eigenvalue weighted by atomic mass is 35.5. The van der Waals surface area contributed by atoms with E-state index in [0.717, 1.165) is 5.56 Å². The van der Waals surface area contributed by atoms with Gasteiger partial charge in [-0.25, -0.2) is 9.78 Å². The lowest BCUT2D eigenvalue weighted by Crippen LogP contribution is -2.41. The molecule has 0 bridgehead atoms. The van der Waals surface area contributed by atoms with Crippen LogP contribution in [-0.4, -0.2) is 38.1 Å². The van der Waals surface area contributed by atoms with Crippen LogP contribution in [0.1, 0.15) is 27.2 Å². The molecule has 1 aliphatic heterocycles. The zero-order valence-corrected chi connectivity index (χ0v) is 18.8. The Morgan fingerprint density at radius 3 is 2.82 bits per heavy atom. The number of nitriles is 1. The number of nitrogens with one attached hydrogen (secondary N) is 1. The van der Waals surface area contributed by atoms with Crippen LogP contribution >= 0.6 is 11.6 Å². The van der Waals surface area contributed by atoms with Gasteiger partial charge in [-0.1, -0.05) is 11.6 Å². The van der Waals surface area contributed by atoms with Crippen molar-refractivity contribution in [3.63, 3.8) is 0 Å². The molecule has 34 heavy (non-hydrogen) atoms. The highest BCUT2D eigenvalue weighted by Gasteiger charge is 2.30. The molecule has 0 fully saturated rings. The molecule has 4 aromatic rings. The SMILES string of the molecule is Cc1cc(NC(=O)N2CCn3nc(-c4cc(Cl)c5ocnc5c4)c(C(N)=O)c3C2)ccc1C#N. The number of carbonyl (C=O) groups excluding carboxylic acids is 2. The van der Waals surface area contributed by atoms with Crippen LogP contribution in [0, 0.1) is 18.3 Å². The number of aryl methyl sites for hydroxylation is 1. The van der Waals surface area contributed by atoms with E-state index in [0.29, 0.717) is 57.4 Å². The molecule has 3 amide bonds. The van der Waals surface area contributed by atoms with E-state index < -0.39 is 5.91 Å². The van der Waals surface area contributed by atoms with E-state index in [1.165, 1.54) is 6.39 Å². The highest BCUT2D eigenvalue weighted by molar-refractivity contribution is 6.35. The molecule has 0 atom stereocenters. The lowest BCUT2D eigenvalue weighted by atomic mass is 10.0. The van der Waals surface area contributed by atoms with Gasteiger partial charge < -0.3 is 20.4 Å². The van der Waals surface area contributed by atoms with E-state index in [-0.39, 0.29) is 18.1 Å². The first kappa shape index (κ1) is 21.5. The fourth-order valence-electron chi connectivity index (χ4n) is 4.09. The van der Waals surface area contributed by atoms with Crippen molar-refractivity contribution >= 4 is 40.3 Å². The quantitative estimate of drug-likeness (QED) is 0.462. The van der Waals surface area contributed by atoms with E-state index in [2.05, 4.69) is 21.5 Å². The Hall–Kier alpha value is -4.36. The minimum atomic E-state index is -0.655. The summed E-state index contributed by atoms with van der Waals surface area (Å²) in [6.45, 7) is 2.72. The number of carbonyl (C=O) groups is 2. The molecule has 2 aromatic heterocycles. The predicted molar refractivity (Wildman–Crippen MR) is 124 cm³/mol. The summed E-state index contributed by atoms with van der Waals surface area (Å²) in [6.07, 6.45) is 1.29. The van der Waals surface area contributed by atoms with Gasteiger partial charge in [-0.15, -0.1) is 0 Å². The summed E-state index contributed by atoms with van der Waals surface area (Å²) in [4.78, 5) is 31.1. The summed E-state index contributed by atoms with van der Waals surface area (Å²) >= 11 is 6.32. The standard InChI is InChI=1S/C23H18ClN7O3/c1-12-6-15(3-2-13(12)9-25)28-23(33)30-4-5-31-18(10-30)19(22(26)32)20(29-31)14-7-16(24)21-17(8-14)27-11-34-21/h2-3,6-8,11H,4-5,10H2,1H3,(H2,26,32)(H,28,33). The number of rotatable bonds is 3. The third kappa shape index (κ3) is 3.62. The third-order valence-electron chi connectivity index (χ3n) is 5.77. The first-order valence-electron chi connectivity index (χ1n) is 10.3. The zero-order valence-electron chi connectivity index (χ0n) is 18.0. The Morgan fingerprint density at radius 1 is 1.26 bits per heavy atom. The van der Waals surface area contributed by atoms with Gasteiger partial charge in [0.1, 0.15) is 11.2 Å². The lowest BCUT2D eigenvalue weighted by Gasteiger charge is -2.28. The maximum Gasteiger partial charge on any atom is 0.322 e. The van der Waals surface area contributed by atoms with Gasteiger partial charge in [0.2, 0.25) is 0 Å². The van der Waals surface area contributed by atoms with E-state index in [1.807, 2.05) is 0 Å². The normalized spacial score (nSPS) is 12.9. The van der Waals surface area contributed by atoms with Crippen molar-refractivity contribution in [2.45, 2.75) is 20.0 Å². The summed E-state index contributed by atoms with van der Waals surface area (Å²) in [6, 6.07) is 10.2. The monoisotopic (exact) mass is 475 g/mol. The van der Waals surface area contributed by atoms with Crippen LogP contribution in [-0.2, 0) is 13.1 Å². The Labute approximate surface area is 198 Å². The van der Waals surface area contributed by atoms with Crippen molar-refractivity contribution in [2.75, 3.05) is 11.9 Å². The van der Waals surface area contributed by atoms with E-state index in [9.17, 15) is 9.59 Å². The fourth-order valence-corrected chi connectivity index (χ4v) is 4.34. The Balaban J connectivity index is 1.46. The fraction of sp³-hybridized carbons (Fsp3) is 0.174. The van der Waals surface area contributed by atoms with Crippen LogP contribution in [0.2, 0.25) is 5.02 Å². The molecule has 10 nitrogen and oxygen atoms in total. The molecule has 5 rings (SSSR count). The molecule has 3 heterocycles. The number of nitrogens with two attached hydrogens (primary N) is 1. The maximum atomic E-state index is 12.9. The van der Waals surface area contributed by atoms with Gasteiger partial charge in [-0.3, -0.25) is 9.48 Å². The van der Waals surface area contributed by atoms with Crippen LogP contribution in [0.3, 0.4) is 0 Å². The Kier molecular flexibility index (Phi) is 5.18. The maximum absolute atomic E-state index is 12.9. The molecular formula is C23H18ClN7O3. The third-order valence-corrected chi connectivity index (χ3v) is 6.05. The Morgan fingerprint density at radius 2 is 2.09 bits per heavy atom. The number of nitrogens with zero attached hydrogens (tertiary/aromatic N) is 5. The average Bonchev–Trinajstić information content (AvgIpc) is 3.43. The van der Waals surface area contributed by atoms with Crippen molar-refractivity contribution in [2.24, 2.45) is 5.73 Å². The largest absolute Gasteiger partial charge is 0.442 e. The molecule has 0 saturated carbocycles. The van der Waals surface area contributed by atoms with Gasteiger partial charge in [-0.2, -0.15) is 10.4 Å². The number of halogens is 1. The molecule has 170 valence electrons. The van der Waals surface area contributed by atoms with E-state index in [4.69, 9.17) is 27.0 Å². The van der Waals surface area contributed by atoms with Crippen molar-refractivity contribution < 1.29 is 14.0 Å². The number of hydrogen-bond acceptors (Lipinski definition) is 6. The number of fused-ring (bicyclic) bond motifs is 2. The van der Waals surface area contributed by atoms with E-state index >= 15 is 0 Å². The van der Waals surface area contributed by atoms with Gasteiger partial charge in [0.25, 0.3) is 5.91 Å². The summed E-state index contributed by atoms with van der Waals surface area (Å²) in [7, 11) is 0. The average molecular weight is 476 g/mol. The molecule has 0 unspecified atom stereocenters. The number of primary amides is 1. The van der Waals surface area contributed by atoms with Crippen LogP contribution in [0.5, 0.6) is 0 Å². The van der Waals surface area contributed by atoms with Crippen molar-refractivity contribution in [1.82, 2.24) is 19.7 Å². The second-order valence-electron chi connectivity index (χ2n) is 7.91. The van der Waals surface area contributed by atoms with Crippen molar-refractivity contribution in [3.05, 3.63) is 64.1 Å². The molecule has 0 saturated heterocycles. The summed E-state index contributed by atoms with van der Waals surface area (Å²) in [5.41, 5.74) is 10.3. The minimum absolute atomic E-state index is 0.145. The van der Waals surface area contributed by atoms with E-state index in [1.54, 1.807) is 46.8 Å². The summed E-state index contributed by atoms with van der Waals surface area (Å²) in [5.74, 6) is -0.655. The van der Waals surface area contributed by atoms with Gasteiger partial charge in [0.05, 0.1) is 41.0 Å². The number of urea groups is 1. The number of aromatic nitrogens is 3. The van der Waals surface area contributed by atoms with Crippen molar-refractivity contribution in [3.8, 4) is 17.3 Å². The van der Waals surface area contributed by atoms with Gasteiger partial charge in [0, 0.05) is 17.8 Å². The molecule has 3 N–H and O–H groups in total. The predicted octanol–water partition coefficient (Wildman–Crippen LogP) is 3.67. The number of benzene rings is 2. The second-order valence-corrected chi connectivity index (χ2v) is 8.32. The molecule has 2 aromatic carbocycles. The zero-order chi connectivity index (χ0) is 24.0. The summed E-state index contributed by atoms with van der Waals surface area (Å²) < 4.78 is 6.97. The van der Waals surface area contributed by atoms with Crippen LogP contribution in [0.4, 0.5) is 10.5 Å². The number of amides is 3. The highest BCUT2D eigenvalue weighted by Crippen LogP contribution is 2.33. The Bertz CT molecular complexity index is 1520. The van der Waals surface area contributed by atoms with Gasteiger partial charge in [-0.05, 0) is 42.8 Å². The molecule has 11 heteroatoms. The molecule has 0 radical (unpaired) electrons.